The number of oxazole rings is 1. The fraction of sp³-hybridized carbons (Fsp3) is 0.600. The molecule has 0 bridgehead atoms. The fourth-order valence-electron chi connectivity index (χ4n) is 0.930. The minimum atomic E-state index is -0.330. The number of aromatic nitrogens is 1. The summed E-state index contributed by atoms with van der Waals surface area (Å²) in [4.78, 5) is 15.4. The Hall–Kier alpha value is -1.32. The Morgan fingerprint density at radius 2 is 2.29 bits per heavy atom. The van der Waals surface area contributed by atoms with Gasteiger partial charge < -0.3 is 9.73 Å². The quantitative estimate of drug-likeness (QED) is 0.794. The standard InChI is InChI=1S/C10H16N2O2/c1-10(2,3)9(13)11-5-4-8-6-14-7-12-8/h6-7H,4-5H2,1-3H3,(H,11,13). The van der Waals surface area contributed by atoms with Crippen LogP contribution < -0.4 is 5.32 Å². The number of nitrogens with one attached hydrogen (secondary N) is 1. The van der Waals surface area contributed by atoms with Gasteiger partial charge in [0.2, 0.25) is 5.91 Å². The monoisotopic (exact) mass is 196 g/mol. The van der Waals surface area contributed by atoms with Gasteiger partial charge >= 0.3 is 0 Å². The van der Waals surface area contributed by atoms with E-state index in [9.17, 15) is 4.79 Å². The van der Waals surface area contributed by atoms with Crippen LogP contribution in [0.5, 0.6) is 0 Å². The zero-order valence-corrected chi connectivity index (χ0v) is 8.83. The Morgan fingerprint density at radius 1 is 1.57 bits per heavy atom. The Morgan fingerprint density at radius 3 is 2.79 bits per heavy atom. The molecule has 0 saturated heterocycles. The predicted octanol–water partition coefficient (Wildman–Crippen LogP) is 1.38. The highest BCUT2D eigenvalue weighted by Gasteiger charge is 2.20. The fourth-order valence-corrected chi connectivity index (χ4v) is 0.930. The number of carbonyl (C=O) groups excluding carboxylic acids is 1. The summed E-state index contributed by atoms with van der Waals surface area (Å²) in [7, 11) is 0. The van der Waals surface area contributed by atoms with Crippen molar-refractivity contribution in [3.05, 3.63) is 18.4 Å². The Labute approximate surface area is 83.7 Å². The molecule has 0 aliphatic carbocycles. The Bertz CT molecular complexity index is 286. The van der Waals surface area contributed by atoms with Crippen LogP contribution in [0.2, 0.25) is 0 Å². The van der Waals surface area contributed by atoms with E-state index in [2.05, 4.69) is 10.3 Å². The van der Waals surface area contributed by atoms with Gasteiger partial charge in [-0.3, -0.25) is 4.79 Å². The molecule has 4 nitrogen and oxygen atoms in total. The van der Waals surface area contributed by atoms with Crippen LogP contribution in [-0.2, 0) is 11.2 Å². The van der Waals surface area contributed by atoms with E-state index in [-0.39, 0.29) is 11.3 Å². The van der Waals surface area contributed by atoms with Crippen LogP contribution in [-0.4, -0.2) is 17.4 Å². The molecule has 0 spiro atoms. The van der Waals surface area contributed by atoms with Crippen molar-refractivity contribution in [2.75, 3.05) is 6.54 Å². The molecular weight excluding hydrogens is 180 g/mol. The summed E-state index contributed by atoms with van der Waals surface area (Å²) in [6.45, 7) is 6.26. The van der Waals surface area contributed by atoms with Gasteiger partial charge in [-0.05, 0) is 0 Å². The molecule has 0 saturated carbocycles. The Kier molecular flexibility index (Phi) is 3.28. The van der Waals surface area contributed by atoms with Gasteiger partial charge in [-0.1, -0.05) is 20.8 Å². The third-order valence-corrected chi connectivity index (χ3v) is 1.83. The van der Waals surface area contributed by atoms with E-state index < -0.39 is 0 Å². The van der Waals surface area contributed by atoms with E-state index in [1.54, 1.807) is 6.26 Å². The number of amides is 1. The summed E-state index contributed by atoms with van der Waals surface area (Å²) in [5.74, 6) is 0.0565. The second-order valence-electron chi connectivity index (χ2n) is 4.24. The van der Waals surface area contributed by atoms with Gasteiger partial charge in [0.05, 0.1) is 5.69 Å². The first-order chi connectivity index (χ1) is 6.50. The van der Waals surface area contributed by atoms with E-state index >= 15 is 0 Å². The lowest BCUT2D eigenvalue weighted by Crippen LogP contribution is -2.35. The highest BCUT2D eigenvalue weighted by molar-refractivity contribution is 5.81. The van der Waals surface area contributed by atoms with E-state index in [0.717, 1.165) is 5.69 Å². The van der Waals surface area contributed by atoms with Crippen LogP contribution in [0, 0.1) is 5.41 Å². The molecule has 0 atom stereocenters. The molecule has 1 heterocycles. The molecule has 1 aromatic rings. The second-order valence-corrected chi connectivity index (χ2v) is 4.24. The maximum atomic E-state index is 11.4. The Balaban J connectivity index is 2.26. The van der Waals surface area contributed by atoms with Gasteiger partial charge in [-0.15, -0.1) is 0 Å². The normalized spacial score (nSPS) is 11.4. The minimum Gasteiger partial charge on any atom is -0.451 e. The van der Waals surface area contributed by atoms with Crippen molar-refractivity contribution in [1.82, 2.24) is 10.3 Å². The smallest absolute Gasteiger partial charge is 0.225 e. The van der Waals surface area contributed by atoms with Crippen LogP contribution in [0.25, 0.3) is 0 Å². The lowest BCUT2D eigenvalue weighted by molar-refractivity contribution is -0.128. The average molecular weight is 196 g/mol. The molecule has 1 rings (SSSR count). The largest absolute Gasteiger partial charge is 0.451 e. The van der Waals surface area contributed by atoms with Gasteiger partial charge in [0.25, 0.3) is 0 Å². The summed E-state index contributed by atoms with van der Waals surface area (Å²) in [5.41, 5.74) is 0.531. The van der Waals surface area contributed by atoms with Crippen molar-refractivity contribution in [3.63, 3.8) is 0 Å². The molecule has 0 unspecified atom stereocenters. The molecular formula is C10H16N2O2. The van der Waals surface area contributed by atoms with Crippen LogP contribution >= 0.6 is 0 Å². The van der Waals surface area contributed by atoms with Crippen molar-refractivity contribution in [2.45, 2.75) is 27.2 Å². The number of nitrogens with zero attached hydrogens (tertiary/aromatic N) is 1. The van der Waals surface area contributed by atoms with Crippen molar-refractivity contribution in [1.29, 1.82) is 0 Å². The van der Waals surface area contributed by atoms with Gasteiger partial charge in [-0.2, -0.15) is 0 Å². The SMILES string of the molecule is CC(C)(C)C(=O)NCCc1cocn1. The van der Waals surface area contributed by atoms with Gasteiger partial charge in [0, 0.05) is 18.4 Å². The molecule has 1 aromatic heterocycles. The maximum Gasteiger partial charge on any atom is 0.225 e. The van der Waals surface area contributed by atoms with Crippen molar-refractivity contribution < 1.29 is 9.21 Å². The van der Waals surface area contributed by atoms with E-state index in [0.29, 0.717) is 13.0 Å². The average Bonchev–Trinajstić information content (AvgIpc) is 2.55. The zero-order valence-electron chi connectivity index (χ0n) is 8.83. The minimum absolute atomic E-state index is 0.0565. The number of rotatable bonds is 3. The molecule has 1 N–H and O–H groups in total. The third-order valence-electron chi connectivity index (χ3n) is 1.83. The molecule has 0 radical (unpaired) electrons. The highest BCUT2D eigenvalue weighted by Crippen LogP contribution is 2.12. The highest BCUT2D eigenvalue weighted by atomic mass is 16.3. The molecule has 78 valence electrons. The number of hydrogen-bond acceptors (Lipinski definition) is 3. The lowest BCUT2D eigenvalue weighted by atomic mass is 9.96. The summed E-state index contributed by atoms with van der Waals surface area (Å²) in [5, 5.41) is 2.84. The molecule has 0 fully saturated rings. The van der Waals surface area contributed by atoms with Crippen LogP contribution in [0.15, 0.2) is 17.1 Å². The van der Waals surface area contributed by atoms with Crippen LogP contribution in [0.4, 0.5) is 0 Å². The van der Waals surface area contributed by atoms with Crippen LogP contribution in [0.3, 0.4) is 0 Å². The van der Waals surface area contributed by atoms with Gasteiger partial charge in [-0.25, -0.2) is 4.98 Å². The predicted molar refractivity (Wildman–Crippen MR) is 52.7 cm³/mol. The van der Waals surface area contributed by atoms with Crippen molar-refractivity contribution >= 4 is 5.91 Å². The second kappa shape index (κ2) is 4.26. The number of carbonyl (C=O) groups is 1. The van der Waals surface area contributed by atoms with Crippen LogP contribution in [0.1, 0.15) is 26.5 Å². The summed E-state index contributed by atoms with van der Waals surface area (Å²) in [6, 6.07) is 0. The summed E-state index contributed by atoms with van der Waals surface area (Å²) >= 11 is 0. The first-order valence-electron chi connectivity index (χ1n) is 4.65. The summed E-state index contributed by atoms with van der Waals surface area (Å²) in [6.07, 6.45) is 3.68. The third kappa shape index (κ3) is 3.20. The van der Waals surface area contributed by atoms with E-state index in [1.165, 1.54) is 6.39 Å². The van der Waals surface area contributed by atoms with Gasteiger partial charge in [0.15, 0.2) is 6.39 Å². The summed E-state index contributed by atoms with van der Waals surface area (Å²) < 4.78 is 4.82. The van der Waals surface area contributed by atoms with Crippen molar-refractivity contribution in [3.8, 4) is 0 Å². The molecule has 4 heteroatoms. The molecule has 0 aliphatic rings. The topological polar surface area (TPSA) is 55.1 Å². The molecule has 0 aliphatic heterocycles. The van der Waals surface area contributed by atoms with E-state index in [4.69, 9.17) is 4.42 Å². The molecule has 1 amide bonds. The zero-order chi connectivity index (χ0) is 10.6. The molecule has 14 heavy (non-hydrogen) atoms. The van der Waals surface area contributed by atoms with Crippen molar-refractivity contribution in [2.24, 2.45) is 5.41 Å². The number of hydrogen-bond donors (Lipinski definition) is 1. The maximum absolute atomic E-state index is 11.4. The first-order valence-corrected chi connectivity index (χ1v) is 4.65. The van der Waals surface area contributed by atoms with Gasteiger partial charge in [0.1, 0.15) is 6.26 Å². The lowest BCUT2D eigenvalue weighted by Gasteiger charge is -2.17. The molecule has 0 aromatic carbocycles. The first kappa shape index (κ1) is 10.8. The van der Waals surface area contributed by atoms with E-state index in [1.807, 2.05) is 20.8 Å².